The summed E-state index contributed by atoms with van der Waals surface area (Å²) in [4.78, 5) is 14.3. The fourth-order valence-electron chi connectivity index (χ4n) is 1.70. The fourth-order valence-corrected chi connectivity index (χ4v) is 3.07. The Morgan fingerprint density at radius 2 is 2.17 bits per heavy atom. The zero-order valence-corrected chi connectivity index (χ0v) is 11.8. The normalized spacial score (nSPS) is 17.7. The van der Waals surface area contributed by atoms with Crippen LogP contribution in [0.1, 0.15) is 12.5 Å². The van der Waals surface area contributed by atoms with Crippen LogP contribution in [-0.2, 0) is 4.79 Å². The van der Waals surface area contributed by atoms with E-state index >= 15 is 0 Å². The van der Waals surface area contributed by atoms with Crippen LogP contribution in [0.25, 0.3) is 6.08 Å². The number of hydrogen-bond acceptors (Lipinski definition) is 4. The van der Waals surface area contributed by atoms with E-state index in [1.165, 1.54) is 11.8 Å². The molecule has 5 heteroatoms. The largest absolute Gasteiger partial charge is 0.496 e. The van der Waals surface area contributed by atoms with Gasteiger partial charge in [-0.2, -0.15) is 0 Å². The number of methoxy groups -OCH3 is 1. The molecule has 18 heavy (non-hydrogen) atoms. The minimum Gasteiger partial charge on any atom is -0.496 e. The highest BCUT2D eigenvalue weighted by Crippen LogP contribution is 2.33. The van der Waals surface area contributed by atoms with Gasteiger partial charge in [0, 0.05) is 12.1 Å². The first-order valence-corrected chi connectivity index (χ1v) is 6.78. The zero-order chi connectivity index (χ0) is 13.1. The third-order valence-corrected chi connectivity index (χ3v) is 3.99. The number of nitrogens with zero attached hydrogens (tertiary/aromatic N) is 1. The smallest absolute Gasteiger partial charge is 0.266 e. The van der Waals surface area contributed by atoms with Crippen LogP contribution in [0.4, 0.5) is 0 Å². The van der Waals surface area contributed by atoms with E-state index in [0.29, 0.717) is 15.8 Å². The third-order valence-electron chi connectivity index (χ3n) is 2.62. The molecule has 1 heterocycles. The predicted molar refractivity (Wildman–Crippen MR) is 78.5 cm³/mol. The molecule has 1 aliphatic heterocycles. The number of amides is 1. The van der Waals surface area contributed by atoms with Gasteiger partial charge in [0.25, 0.3) is 5.91 Å². The van der Waals surface area contributed by atoms with Gasteiger partial charge in [-0.25, -0.2) is 0 Å². The van der Waals surface area contributed by atoms with Gasteiger partial charge in [-0.05, 0) is 19.1 Å². The average molecular weight is 279 g/mol. The molecule has 0 saturated carbocycles. The van der Waals surface area contributed by atoms with Crippen molar-refractivity contribution in [2.45, 2.75) is 6.92 Å². The average Bonchev–Trinajstić information content (AvgIpc) is 2.65. The van der Waals surface area contributed by atoms with Crippen LogP contribution in [0.3, 0.4) is 0 Å². The second-order valence-electron chi connectivity index (χ2n) is 3.67. The van der Waals surface area contributed by atoms with Gasteiger partial charge < -0.3 is 4.74 Å². The lowest BCUT2D eigenvalue weighted by Gasteiger charge is -2.09. The van der Waals surface area contributed by atoms with E-state index in [1.807, 2.05) is 37.3 Å². The van der Waals surface area contributed by atoms with Crippen LogP contribution >= 0.6 is 24.0 Å². The van der Waals surface area contributed by atoms with Crippen LogP contribution in [-0.4, -0.2) is 28.8 Å². The predicted octanol–water partition coefficient (Wildman–Crippen LogP) is 2.92. The Balaban J connectivity index is 2.35. The molecule has 0 radical (unpaired) electrons. The summed E-state index contributed by atoms with van der Waals surface area (Å²) in [6, 6.07) is 7.59. The number of para-hydroxylation sites is 1. The number of thioether (sulfide) groups is 1. The van der Waals surface area contributed by atoms with Crippen molar-refractivity contribution in [3.05, 3.63) is 34.7 Å². The summed E-state index contributed by atoms with van der Waals surface area (Å²) in [6.07, 6.45) is 1.83. The van der Waals surface area contributed by atoms with Crippen molar-refractivity contribution in [2.75, 3.05) is 13.7 Å². The van der Waals surface area contributed by atoms with Gasteiger partial charge in [0.2, 0.25) is 0 Å². The molecule has 3 nitrogen and oxygen atoms in total. The highest BCUT2D eigenvalue weighted by Gasteiger charge is 2.30. The fraction of sp³-hybridized carbons (Fsp3) is 0.231. The van der Waals surface area contributed by atoms with Gasteiger partial charge in [-0.1, -0.05) is 42.2 Å². The van der Waals surface area contributed by atoms with E-state index in [-0.39, 0.29) is 5.91 Å². The molecule has 1 aromatic carbocycles. The number of ether oxygens (including phenoxy) is 1. The minimum atomic E-state index is -0.0293. The van der Waals surface area contributed by atoms with E-state index in [4.69, 9.17) is 17.0 Å². The Kier molecular flexibility index (Phi) is 4.04. The zero-order valence-electron chi connectivity index (χ0n) is 10.2. The topological polar surface area (TPSA) is 29.5 Å². The van der Waals surface area contributed by atoms with Crippen LogP contribution in [0.2, 0.25) is 0 Å². The maximum absolute atomic E-state index is 12.1. The molecule has 0 bridgehead atoms. The lowest BCUT2D eigenvalue weighted by Crippen LogP contribution is -2.27. The number of carbonyl (C=O) groups is 1. The summed E-state index contributed by atoms with van der Waals surface area (Å²) in [6.45, 7) is 2.52. The van der Waals surface area contributed by atoms with Crippen LogP contribution < -0.4 is 4.74 Å². The van der Waals surface area contributed by atoms with E-state index in [2.05, 4.69) is 0 Å². The number of carbonyl (C=O) groups excluding carboxylic acids is 1. The summed E-state index contributed by atoms with van der Waals surface area (Å²) in [5.41, 5.74) is 0.886. The second-order valence-corrected chi connectivity index (χ2v) is 5.34. The van der Waals surface area contributed by atoms with Crippen LogP contribution in [0, 0.1) is 0 Å². The van der Waals surface area contributed by atoms with Crippen LogP contribution in [0.5, 0.6) is 5.75 Å². The van der Waals surface area contributed by atoms with Crippen molar-refractivity contribution in [2.24, 2.45) is 0 Å². The van der Waals surface area contributed by atoms with E-state index < -0.39 is 0 Å². The standard InChI is InChI=1S/C13H13NO2S2/c1-3-14-12(15)11(18-13(14)17)8-9-6-4-5-7-10(9)16-2/h4-8H,3H2,1-2H3/b11-8+. The first kappa shape index (κ1) is 13.1. The van der Waals surface area contributed by atoms with Gasteiger partial charge in [-0.15, -0.1) is 0 Å². The van der Waals surface area contributed by atoms with E-state index in [9.17, 15) is 4.79 Å². The molecule has 2 rings (SSSR count). The Labute approximate surface area is 116 Å². The molecule has 0 aromatic heterocycles. The molecule has 0 aliphatic carbocycles. The molecule has 1 aliphatic rings. The molecule has 1 aromatic rings. The van der Waals surface area contributed by atoms with Crippen molar-refractivity contribution < 1.29 is 9.53 Å². The molecular weight excluding hydrogens is 266 g/mol. The maximum Gasteiger partial charge on any atom is 0.266 e. The SMILES string of the molecule is CCN1C(=O)/C(=C\c2ccccc2OC)SC1=S. The molecule has 1 fully saturated rings. The Bertz CT molecular complexity index is 525. The lowest BCUT2D eigenvalue weighted by atomic mass is 10.2. The third kappa shape index (κ3) is 2.42. The summed E-state index contributed by atoms with van der Waals surface area (Å²) in [7, 11) is 1.62. The number of benzene rings is 1. The molecule has 94 valence electrons. The quantitative estimate of drug-likeness (QED) is 0.628. The van der Waals surface area contributed by atoms with Gasteiger partial charge in [0.05, 0.1) is 12.0 Å². The molecule has 0 unspecified atom stereocenters. The monoisotopic (exact) mass is 279 g/mol. The van der Waals surface area contributed by atoms with Crippen molar-refractivity contribution >= 4 is 40.3 Å². The van der Waals surface area contributed by atoms with Gasteiger partial charge >= 0.3 is 0 Å². The highest BCUT2D eigenvalue weighted by atomic mass is 32.2. The highest BCUT2D eigenvalue weighted by molar-refractivity contribution is 8.26. The number of thiocarbonyl (C=S) groups is 1. The first-order valence-electron chi connectivity index (χ1n) is 5.55. The molecule has 1 amide bonds. The Hall–Kier alpha value is -1.33. The Morgan fingerprint density at radius 1 is 1.44 bits per heavy atom. The van der Waals surface area contributed by atoms with Crippen molar-refractivity contribution in [1.82, 2.24) is 4.90 Å². The molecular formula is C13H13NO2S2. The molecule has 0 atom stereocenters. The lowest BCUT2D eigenvalue weighted by molar-refractivity contribution is -0.121. The van der Waals surface area contributed by atoms with Crippen molar-refractivity contribution in [3.63, 3.8) is 0 Å². The summed E-state index contributed by atoms with van der Waals surface area (Å²) in [5.74, 6) is 0.720. The van der Waals surface area contributed by atoms with Crippen molar-refractivity contribution in [3.8, 4) is 5.75 Å². The van der Waals surface area contributed by atoms with Gasteiger partial charge in [-0.3, -0.25) is 9.69 Å². The van der Waals surface area contributed by atoms with Gasteiger partial charge in [0.15, 0.2) is 0 Å². The Morgan fingerprint density at radius 3 is 2.78 bits per heavy atom. The number of rotatable bonds is 3. The van der Waals surface area contributed by atoms with Crippen LogP contribution in [0.15, 0.2) is 29.2 Å². The van der Waals surface area contributed by atoms with Gasteiger partial charge in [0.1, 0.15) is 10.1 Å². The second kappa shape index (κ2) is 5.54. The molecule has 1 saturated heterocycles. The summed E-state index contributed by atoms with van der Waals surface area (Å²) >= 11 is 6.50. The number of likely N-dealkylation sites (N-methyl/N-ethyl adjacent to an activating group) is 1. The molecule has 0 spiro atoms. The minimum absolute atomic E-state index is 0.0293. The molecule has 0 N–H and O–H groups in total. The summed E-state index contributed by atoms with van der Waals surface area (Å²) in [5, 5.41) is 0. The van der Waals surface area contributed by atoms with E-state index in [0.717, 1.165) is 11.3 Å². The first-order chi connectivity index (χ1) is 8.67. The number of hydrogen-bond donors (Lipinski definition) is 0. The van der Waals surface area contributed by atoms with E-state index in [1.54, 1.807) is 12.0 Å². The maximum atomic E-state index is 12.1. The van der Waals surface area contributed by atoms with Crippen molar-refractivity contribution in [1.29, 1.82) is 0 Å². The summed E-state index contributed by atoms with van der Waals surface area (Å²) < 4.78 is 5.87.